The van der Waals surface area contributed by atoms with E-state index >= 15 is 0 Å². The van der Waals surface area contributed by atoms with Crippen LogP contribution in [0.1, 0.15) is 13.8 Å². The van der Waals surface area contributed by atoms with Crippen LogP contribution >= 0.6 is 24.8 Å². The molecule has 4 aromatic heterocycles. The summed E-state index contributed by atoms with van der Waals surface area (Å²) in [5.41, 5.74) is 3.36. The Bertz CT molecular complexity index is 1190. The number of piperazine rings is 1. The van der Waals surface area contributed by atoms with E-state index < -0.39 is 0 Å². The van der Waals surface area contributed by atoms with E-state index in [1.165, 1.54) is 6.33 Å². The van der Waals surface area contributed by atoms with Gasteiger partial charge in [-0.3, -0.25) is 0 Å². The third kappa shape index (κ3) is 4.59. The Balaban J connectivity index is 0.00000144. The largest absolute Gasteiger partial charge is 0.506 e. The van der Waals surface area contributed by atoms with Crippen LogP contribution in [-0.4, -0.2) is 60.1 Å². The summed E-state index contributed by atoms with van der Waals surface area (Å²) in [6.45, 7) is 6.09. The summed E-state index contributed by atoms with van der Waals surface area (Å²) >= 11 is 0. The predicted octanol–water partition coefficient (Wildman–Crippen LogP) is 2.98. The molecule has 5 rings (SSSR count). The zero-order valence-corrected chi connectivity index (χ0v) is 19.2. The van der Waals surface area contributed by atoms with Gasteiger partial charge in [-0.15, -0.1) is 35.0 Å². The van der Waals surface area contributed by atoms with Crippen molar-refractivity contribution in [1.82, 2.24) is 35.1 Å². The SMILES string of the molecule is CC1CN(c2ccc(-c3ncc(-c4ccc5ncnn5c4)cc3O)nn2)C[C@H](C)N1.Cl.Cl. The van der Waals surface area contributed by atoms with E-state index in [1.807, 2.05) is 30.5 Å². The van der Waals surface area contributed by atoms with Crippen LogP contribution in [0.25, 0.3) is 28.2 Å². The number of hydrogen-bond donors (Lipinski definition) is 2. The fourth-order valence-corrected chi connectivity index (χ4v) is 3.93. The molecule has 0 bridgehead atoms. The van der Waals surface area contributed by atoms with Gasteiger partial charge in [-0.1, -0.05) is 0 Å². The van der Waals surface area contributed by atoms with Gasteiger partial charge in [-0.25, -0.2) is 14.5 Å². The summed E-state index contributed by atoms with van der Waals surface area (Å²) in [5.74, 6) is 0.883. The van der Waals surface area contributed by atoms with E-state index in [9.17, 15) is 5.11 Å². The minimum absolute atomic E-state index is 0. The third-order valence-electron chi connectivity index (χ3n) is 5.25. The van der Waals surface area contributed by atoms with Crippen molar-refractivity contribution < 1.29 is 5.11 Å². The van der Waals surface area contributed by atoms with Crippen LogP contribution in [0.4, 0.5) is 5.82 Å². The Labute approximate surface area is 197 Å². The number of hydrogen-bond acceptors (Lipinski definition) is 8. The summed E-state index contributed by atoms with van der Waals surface area (Å²) in [7, 11) is 0. The summed E-state index contributed by atoms with van der Waals surface area (Å²) in [4.78, 5) is 10.8. The molecule has 168 valence electrons. The Kier molecular flexibility index (Phi) is 7.12. The lowest BCUT2D eigenvalue weighted by Gasteiger charge is -2.36. The molecule has 1 fully saturated rings. The highest BCUT2D eigenvalue weighted by molar-refractivity contribution is 5.85. The Morgan fingerprint density at radius 1 is 0.969 bits per heavy atom. The van der Waals surface area contributed by atoms with E-state index in [0.29, 0.717) is 23.5 Å². The lowest BCUT2D eigenvalue weighted by Crippen LogP contribution is -2.54. The minimum Gasteiger partial charge on any atom is -0.506 e. The van der Waals surface area contributed by atoms with Gasteiger partial charge in [0.05, 0.1) is 0 Å². The second-order valence-electron chi connectivity index (χ2n) is 7.72. The van der Waals surface area contributed by atoms with Crippen LogP contribution < -0.4 is 10.2 Å². The first-order valence-electron chi connectivity index (χ1n) is 9.91. The topological polar surface area (TPSA) is 104 Å². The van der Waals surface area contributed by atoms with Crippen molar-refractivity contribution in [3.8, 4) is 28.3 Å². The molecule has 5 heterocycles. The van der Waals surface area contributed by atoms with Crippen LogP contribution in [0, 0.1) is 0 Å². The minimum atomic E-state index is 0. The van der Waals surface area contributed by atoms with Crippen molar-refractivity contribution in [2.45, 2.75) is 25.9 Å². The van der Waals surface area contributed by atoms with Crippen molar-refractivity contribution in [2.24, 2.45) is 0 Å². The number of anilines is 1. The molecule has 1 aliphatic rings. The molecule has 9 nitrogen and oxygen atoms in total. The molecular weight excluding hydrogens is 451 g/mol. The molecule has 2 atom stereocenters. The number of nitrogens with zero attached hydrogens (tertiary/aromatic N) is 7. The van der Waals surface area contributed by atoms with Crippen molar-refractivity contribution in [3.05, 3.63) is 49.1 Å². The summed E-state index contributed by atoms with van der Waals surface area (Å²) in [5, 5.41) is 26.9. The molecule has 1 saturated heterocycles. The van der Waals surface area contributed by atoms with Crippen molar-refractivity contribution in [3.63, 3.8) is 0 Å². The van der Waals surface area contributed by atoms with Gasteiger partial charge in [0.2, 0.25) is 0 Å². The molecule has 1 aliphatic heterocycles. The zero-order chi connectivity index (χ0) is 20.7. The van der Waals surface area contributed by atoms with Crippen molar-refractivity contribution in [1.29, 1.82) is 0 Å². The van der Waals surface area contributed by atoms with Crippen LogP contribution in [0.5, 0.6) is 5.75 Å². The van der Waals surface area contributed by atoms with Gasteiger partial charge in [-0.05, 0) is 44.2 Å². The molecule has 32 heavy (non-hydrogen) atoms. The number of pyridine rings is 2. The molecule has 0 aliphatic carbocycles. The molecule has 4 aromatic rings. The maximum Gasteiger partial charge on any atom is 0.155 e. The first-order chi connectivity index (χ1) is 14.6. The lowest BCUT2D eigenvalue weighted by molar-refractivity contribution is 0.404. The summed E-state index contributed by atoms with van der Waals surface area (Å²) in [6.07, 6.45) is 5.06. The summed E-state index contributed by atoms with van der Waals surface area (Å²) in [6, 6.07) is 10.0. The van der Waals surface area contributed by atoms with Gasteiger partial charge in [0, 0.05) is 48.7 Å². The van der Waals surface area contributed by atoms with Gasteiger partial charge in [0.15, 0.2) is 11.5 Å². The lowest BCUT2D eigenvalue weighted by atomic mass is 10.1. The fourth-order valence-electron chi connectivity index (χ4n) is 3.93. The molecule has 0 radical (unpaired) electrons. The monoisotopic (exact) mass is 474 g/mol. The van der Waals surface area contributed by atoms with Gasteiger partial charge in [0.1, 0.15) is 23.5 Å². The van der Waals surface area contributed by atoms with Crippen molar-refractivity contribution in [2.75, 3.05) is 18.0 Å². The van der Waals surface area contributed by atoms with Crippen LogP contribution in [0.3, 0.4) is 0 Å². The zero-order valence-electron chi connectivity index (χ0n) is 17.6. The third-order valence-corrected chi connectivity index (χ3v) is 5.25. The number of nitrogens with one attached hydrogen (secondary N) is 1. The van der Waals surface area contributed by atoms with E-state index in [0.717, 1.165) is 35.7 Å². The van der Waals surface area contributed by atoms with Crippen LogP contribution in [0.2, 0.25) is 0 Å². The fraction of sp³-hybridized carbons (Fsp3) is 0.286. The molecule has 0 spiro atoms. The molecular formula is C21H24Cl2N8O. The highest BCUT2D eigenvalue weighted by Crippen LogP contribution is 2.30. The highest BCUT2D eigenvalue weighted by atomic mass is 35.5. The van der Waals surface area contributed by atoms with Gasteiger partial charge in [-0.2, -0.15) is 5.10 Å². The standard InChI is InChI=1S/C21H22N8O.2ClH/c1-13-9-28(10-14(2)25-13)20-6-4-17(26-27-20)21-18(30)7-16(8-22-21)15-3-5-19-23-12-24-29(19)11-15;;/h3-8,11-14,25,30H,9-10H2,1-2H3;2*1H/t13-,14?;;/m0../s1. The molecule has 0 amide bonds. The Morgan fingerprint density at radius 2 is 1.75 bits per heavy atom. The van der Waals surface area contributed by atoms with E-state index in [4.69, 9.17) is 0 Å². The van der Waals surface area contributed by atoms with Crippen LogP contribution in [0.15, 0.2) is 49.1 Å². The van der Waals surface area contributed by atoms with Crippen LogP contribution in [-0.2, 0) is 0 Å². The highest BCUT2D eigenvalue weighted by Gasteiger charge is 2.22. The van der Waals surface area contributed by atoms with E-state index in [1.54, 1.807) is 16.8 Å². The smallest absolute Gasteiger partial charge is 0.155 e. The quantitative estimate of drug-likeness (QED) is 0.466. The van der Waals surface area contributed by atoms with Gasteiger partial charge >= 0.3 is 0 Å². The Morgan fingerprint density at radius 3 is 2.44 bits per heavy atom. The number of rotatable bonds is 3. The van der Waals surface area contributed by atoms with Gasteiger partial charge < -0.3 is 15.3 Å². The predicted molar refractivity (Wildman–Crippen MR) is 128 cm³/mol. The normalized spacial score (nSPS) is 18.1. The molecule has 11 heteroatoms. The van der Waals surface area contributed by atoms with E-state index in [2.05, 4.69) is 49.3 Å². The van der Waals surface area contributed by atoms with Gasteiger partial charge in [0.25, 0.3) is 0 Å². The average Bonchev–Trinajstić information content (AvgIpc) is 3.21. The number of halogens is 2. The molecule has 1 unspecified atom stereocenters. The van der Waals surface area contributed by atoms with Crippen molar-refractivity contribution >= 4 is 36.3 Å². The first kappa shape index (κ1) is 23.6. The van der Waals surface area contributed by atoms with E-state index in [-0.39, 0.29) is 30.6 Å². The Hall–Kier alpha value is -3.01. The number of aromatic nitrogens is 6. The molecule has 2 N–H and O–H groups in total. The maximum absolute atomic E-state index is 10.6. The first-order valence-corrected chi connectivity index (χ1v) is 9.91. The number of fused-ring (bicyclic) bond motifs is 1. The second kappa shape index (κ2) is 9.64. The second-order valence-corrected chi connectivity index (χ2v) is 7.72. The number of aromatic hydroxyl groups is 1. The summed E-state index contributed by atoms with van der Waals surface area (Å²) < 4.78 is 1.68. The maximum atomic E-state index is 10.6. The average molecular weight is 475 g/mol. The molecule has 0 saturated carbocycles. The molecule has 0 aromatic carbocycles.